The Morgan fingerprint density at radius 3 is 2.55 bits per heavy atom. The molecule has 7 nitrogen and oxygen atoms in total. The number of carbonyl (C=O) groups excluding carboxylic acids is 3. The Bertz CT molecular complexity index is 603. The van der Waals surface area contributed by atoms with E-state index >= 15 is 0 Å². The fourth-order valence-corrected chi connectivity index (χ4v) is 1.85. The van der Waals surface area contributed by atoms with Gasteiger partial charge in [-0.3, -0.25) is 24.8 Å². The van der Waals surface area contributed by atoms with E-state index in [1.807, 2.05) is 6.07 Å². The molecule has 1 atom stereocenters. The first-order chi connectivity index (χ1) is 9.51. The second kappa shape index (κ2) is 5.40. The fraction of sp³-hybridized carbons (Fsp3) is 0.231. The highest BCUT2D eigenvalue weighted by molar-refractivity contribution is 6.08. The number of hydrazine groups is 1. The highest BCUT2D eigenvalue weighted by atomic mass is 16.2. The molecule has 2 N–H and O–H groups in total. The number of rotatable bonds is 3. The molecule has 20 heavy (non-hydrogen) atoms. The van der Waals surface area contributed by atoms with Crippen molar-refractivity contribution < 1.29 is 14.4 Å². The predicted molar refractivity (Wildman–Crippen MR) is 68.8 cm³/mol. The molecule has 7 heteroatoms. The molecule has 1 aromatic carbocycles. The van der Waals surface area contributed by atoms with Crippen LogP contribution in [0, 0.1) is 17.2 Å². The Morgan fingerprint density at radius 2 is 2.05 bits per heavy atom. The largest absolute Gasteiger partial charge is 0.326 e. The van der Waals surface area contributed by atoms with Crippen LogP contribution in [0.15, 0.2) is 24.3 Å². The van der Waals surface area contributed by atoms with Gasteiger partial charge < -0.3 is 5.32 Å². The molecule has 0 radical (unpaired) electrons. The van der Waals surface area contributed by atoms with Crippen molar-refractivity contribution in [2.75, 3.05) is 12.4 Å². The van der Waals surface area contributed by atoms with E-state index in [0.29, 0.717) is 11.3 Å². The Balaban J connectivity index is 1.97. The van der Waals surface area contributed by atoms with E-state index in [1.165, 1.54) is 7.05 Å². The van der Waals surface area contributed by atoms with Gasteiger partial charge in [-0.25, -0.2) is 0 Å². The number of benzene rings is 1. The molecule has 0 aliphatic carbocycles. The summed E-state index contributed by atoms with van der Waals surface area (Å²) >= 11 is 0. The van der Waals surface area contributed by atoms with Crippen molar-refractivity contribution in [1.29, 1.82) is 5.26 Å². The first-order valence-corrected chi connectivity index (χ1v) is 5.89. The first-order valence-electron chi connectivity index (χ1n) is 5.89. The van der Waals surface area contributed by atoms with Crippen molar-refractivity contribution in [2.24, 2.45) is 5.92 Å². The van der Waals surface area contributed by atoms with Crippen molar-refractivity contribution in [3.8, 4) is 6.07 Å². The lowest BCUT2D eigenvalue weighted by atomic mass is 10.0. The molecule has 1 fully saturated rings. The number of hydrogen-bond acceptors (Lipinski definition) is 4. The van der Waals surface area contributed by atoms with Crippen LogP contribution in [-0.2, 0) is 14.4 Å². The minimum Gasteiger partial charge on any atom is -0.326 e. The zero-order chi connectivity index (χ0) is 14.7. The molecule has 0 aromatic heterocycles. The van der Waals surface area contributed by atoms with Gasteiger partial charge in [0.05, 0.1) is 11.6 Å². The highest BCUT2D eigenvalue weighted by Gasteiger charge is 2.38. The molecular weight excluding hydrogens is 260 g/mol. The van der Waals surface area contributed by atoms with E-state index in [9.17, 15) is 14.4 Å². The van der Waals surface area contributed by atoms with E-state index < -0.39 is 23.6 Å². The van der Waals surface area contributed by atoms with Crippen molar-refractivity contribution in [2.45, 2.75) is 6.42 Å². The lowest BCUT2D eigenvalue weighted by Gasteiger charge is -2.08. The minimum absolute atomic E-state index is 0.213. The topological polar surface area (TPSA) is 102 Å². The van der Waals surface area contributed by atoms with E-state index in [1.54, 1.807) is 24.3 Å². The van der Waals surface area contributed by atoms with Gasteiger partial charge in [-0.2, -0.15) is 5.26 Å². The molecule has 1 unspecified atom stereocenters. The molecule has 1 aromatic rings. The van der Waals surface area contributed by atoms with Crippen LogP contribution < -0.4 is 10.7 Å². The fourth-order valence-electron chi connectivity index (χ4n) is 1.85. The van der Waals surface area contributed by atoms with Crippen LogP contribution in [0.3, 0.4) is 0 Å². The van der Waals surface area contributed by atoms with Crippen LogP contribution >= 0.6 is 0 Å². The zero-order valence-electron chi connectivity index (χ0n) is 10.7. The maximum absolute atomic E-state index is 11.8. The normalized spacial score (nSPS) is 17.6. The van der Waals surface area contributed by atoms with Crippen LogP contribution in [0.5, 0.6) is 0 Å². The monoisotopic (exact) mass is 272 g/mol. The smallest absolute Gasteiger partial charge is 0.253 e. The van der Waals surface area contributed by atoms with E-state index in [2.05, 4.69) is 10.7 Å². The Kier molecular flexibility index (Phi) is 3.66. The van der Waals surface area contributed by atoms with E-state index in [4.69, 9.17) is 5.26 Å². The molecule has 0 spiro atoms. The number of amides is 3. The predicted octanol–water partition coefficient (Wildman–Crippen LogP) is 0.00628. The standard InChI is InChI=1S/C13H12N4O3/c1-17-13(20)10(12(19)16-17)6-11(18)15-9-4-2-8(7-14)3-5-9/h2-5,10H,6H2,1H3,(H,15,18)(H,16,19). The lowest BCUT2D eigenvalue weighted by molar-refractivity contribution is -0.134. The van der Waals surface area contributed by atoms with E-state index in [-0.39, 0.29) is 6.42 Å². The molecule has 0 saturated carbocycles. The summed E-state index contributed by atoms with van der Waals surface area (Å²) in [4.78, 5) is 34.9. The number of hydrogen-bond donors (Lipinski definition) is 2. The third-order valence-corrected chi connectivity index (χ3v) is 2.91. The van der Waals surface area contributed by atoms with Gasteiger partial charge in [0.2, 0.25) is 5.91 Å². The van der Waals surface area contributed by atoms with Crippen molar-refractivity contribution in [1.82, 2.24) is 10.4 Å². The molecule has 1 heterocycles. The summed E-state index contributed by atoms with van der Waals surface area (Å²) in [6.45, 7) is 0. The molecule has 3 amide bonds. The third-order valence-electron chi connectivity index (χ3n) is 2.91. The Hall–Kier alpha value is -2.88. The van der Waals surface area contributed by atoms with Crippen LogP contribution in [0.2, 0.25) is 0 Å². The summed E-state index contributed by atoms with van der Waals surface area (Å²) in [5.41, 5.74) is 3.32. The van der Waals surface area contributed by atoms with E-state index in [0.717, 1.165) is 5.01 Å². The molecule has 0 bridgehead atoms. The van der Waals surface area contributed by atoms with Gasteiger partial charge in [0.1, 0.15) is 5.92 Å². The maximum atomic E-state index is 11.8. The second-order valence-electron chi connectivity index (χ2n) is 4.37. The third kappa shape index (κ3) is 2.75. The summed E-state index contributed by atoms with van der Waals surface area (Å²) < 4.78 is 0. The second-order valence-corrected chi connectivity index (χ2v) is 4.37. The Morgan fingerprint density at radius 1 is 1.40 bits per heavy atom. The number of nitriles is 1. The van der Waals surface area contributed by atoms with Gasteiger partial charge in [-0.15, -0.1) is 0 Å². The van der Waals surface area contributed by atoms with Gasteiger partial charge in [0.15, 0.2) is 0 Å². The molecule has 102 valence electrons. The van der Waals surface area contributed by atoms with Gasteiger partial charge in [-0.05, 0) is 24.3 Å². The molecule has 1 aliphatic rings. The van der Waals surface area contributed by atoms with Crippen molar-refractivity contribution in [3.05, 3.63) is 29.8 Å². The number of anilines is 1. The average Bonchev–Trinajstić information content (AvgIpc) is 2.66. The zero-order valence-corrected chi connectivity index (χ0v) is 10.7. The highest BCUT2D eigenvalue weighted by Crippen LogP contribution is 2.15. The maximum Gasteiger partial charge on any atom is 0.253 e. The molecule has 1 saturated heterocycles. The summed E-state index contributed by atoms with van der Waals surface area (Å²) in [6.07, 6.45) is -0.213. The van der Waals surface area contributed by atoms with Gasteiger partial charge >= 0.3 is 0 Å². The average molecular weight is 272 g/mol. The van der Waals surface area contributed by atoms with Crippen molar-refractivity contribution >= 4 is 23.4 Å². The number of nitrogens with one attached hydrogen (secondary N) is 2. The van der Waals surface area contributed by atoms with Crippen LogP contribution in [0.25, 0.3) is 0 Å². The van der Waals surface area contributed by atoms with Crippen LogP contribution in [0.4, 0.5) is 5.69 Å². The van der Waals surface area contributed by atoms with Gasteiger partial charge in [-0.1, -0.05) is 0 Å². The molecule has 2 rings (SSSR count). The van der Waals surface area contributed by atoms with Gasteiger partial charge in [0.25, 0.3) is 11.8 Å². The van der Waals surface area contributed by atoms with Crippen LogP contribution in [-0.4, -0.2) is 29.8 Å². The quantitative estimate of drug-likeness (QED) is 0.756. The molecular formula is C13H12N4O3. The SMILES string of the molecule is CN1NC(=O)C(CC(=O)Nc2ccc(C#N)cc2)C1=O. The van der Waals surface area contributed by atoms with Crippen molar-refractivity contribution in [3.63, 3.8) is 0 Å². The number of nitrogens with zero attached hydrogens (tertiary/aromatic N) is 2. The summed E-state index contributed by atoms with van der Waals surface area (Å²) in [5, 5.41) is 12.3. The Labute approximate surface area is 115 Å². The minimum atomic E-state index is -0.988. The lowest BCUT2D eigenvalue weighted by Crippen LogP contribution is -2.31. The summed E-state index contributed by atoms with van der Waals surface area (Å²) in [7, 11) is 1.43. The molecule has 1 aliphatic heterocycles. The van der Waals surface area contributed by atoms with Gasteiger partial charge in [0, 0.05) is 19.2 Å². The summed E-state index contributed by atoms with van der Waals surface area (Å²) in [6, 6.07) is 8.26. The first kappa shape index (κ1) is 13.5. The van der Waals surface area contributed by atoms with Crippen LogP contribution in [0.1, 0.15) is 12.0 Å². The summed E-state index contributed by atoms with van der Waals surface area (Å²) in [5.74, 6) is -2.32. The number of carbonyl (C=O) groups is 3.